The van der Waals surface area contributed by atoms with Crippen molar-refractivity contribution in [3.05, 3.63) is 4.91 Å². The molecule has 3 heteroatoms. The van der Waals surface area contributed by atoms with E-state index < -0.39 is 0 Å². The smallest absolute Gasteiger partial charge is 0.0823 e. The average molecular weight is 200 g/mol. The van der Waals surface area contributed by atoms with Gasteiger partial charge in [0.05, 0.1) is 6.54 Å². The third-order valence-electron chi connectivity index (χ3n) is 2.58. The molecule has 84 valence electrons. The molecule has 0 radical (unpaired) electrons. The summed E-state index contributed by atoms with van der Waals surface area (Å²) in [5, 5.41) is 6.21. The summed E-state index contributed by atoms with van der Waals surface area (Å²) in [5.74, 6) is 0.805. The number of nitrogens with zero attached hydrogens (tertiary/aromatic N) is 1. The van der Waals surface area contributed by atoms with Gasteiger partial charge in [-0.3, -0.25) is 0 Å². The fourth-order valence-corrected chi connectivity index (χ4v) is 1.52. The molecular weight excluding hydrogens is 176 g/mol. The van der Waals surface area contributed by atoms with E-state index in [0.29, 0.717) is 6.54 Å². The third kappa shape index (κ3) is 8.17. The van der Waals surface area contributed by atoms with Crippen LogP contribution in [0.4, 0.5) is 0 Å². The summed E-state index contributed by atoms with van der Waals surface area (Å²) in [5.41, 5.74) is 0. The minimum Gasteiger partial charge on any atom is -0.316 e. The first-order valence-electron chi connectivity index (χ1n) is 5.84. The maximum Gasteiger partial charge on any atom is 0.0823 e. The number of nitrogens with one attached hydrogen (secondary N) is 1. The number of rotatable bonds is 10. The van der Waals surface area contributed by atoms with Crippen molar-refractivity contribution in [2.45, 2.75) is 46.0 Å². The Morgan fingerprint density at radius 3 is 2.64 bits per heavy atom. The molecule has 0 aromatic rings. The topological polar surface area (TPSA) is 41.5 Å². The van der Waals surface area contributed by atoms with Crippen molar-refractivity contribution in [2.75, 3.05) is 19.6 Å². The minimum absolute atomic E-state index is 0.443. The molecule has 1 N–H and O–H groups in total. The van der Waals surface area contributed by atoms with E-state index in [2.05, 4.69) is 24.3 Å². The maximum absolute atomic E-state index is 9.82. The van der Waals surface area contributed by atoms with Crippen LogP contribution in [0.25, 0.3) is 0 Å². The van der Waals surface area contributed by atoms with Crippen molar-refractivity contribution in [3.8, 4) is 0 Å². The van der Waals surface area contributed by atoms with Crippen LogP contribution in [-0.4, -0.2) is 19.6 Å². The lowest BCUT2D eigenvalue weighted by Gasteiger charge is -2.14. The van der Waals surface area contributed by atoms with Gasteiger partial charge in [-0.1, -0.05) is 38.3 Å². The summed E-state index contributed by atoms with van der Waals surface area (Å²) in [6.45, 7) is 6.94. The van der Waals surface area contributed by atoms with E-state index in [-0.39, 0.29) is 0 Å². The summed E-state index contributed by atoms with van der Waals surface area (Å²) in [4.78, 5) is 9.82. The normalized spacial score (nSPS) is 12.7. The van der Waals surface area contributed by atoms with E-state index in [1.807, 2.05) is 0 Å². The van der Waals surface area contributed by atoms with Crippen LogP contribution in [0, 0.1) is 10.8 Å². The Hall–Kier alpha value is -0.440. The molecule has 0 amide bonds. The monoisotopic (exact) mass is 200 g/mol. The molecule has 0 aliphatic carbocycles. The van der Waals surface area contributed by atoms with Gasteiger partial charge in [0.1, 0.15) is 0 Å². The fraction of sp³-hybridized carbons (Fsp3) is 1.00. The predicted octanol–water partition coefficient (Wildman–Crippen LogP) is 2.95. The molecule has 3 nitrogen and oxygen atoms in total. The molecule has 0 aromatic heterocycles. The lowest BCUT2D eigenvalue weighted by molar-refractivity contribution is 0.419. The van der Waals surface area contributed by atoms with Gasteiger partial charge in [-0.05, 0) is 31.8 Å². The third-order valence-corrected chi connectivity index (χ3v) is 2.58. The average Bonchev–Trinajstić information content (AvgIpc) is 2.22. The van der Waals surface area contributed by atoms with Crippen molar-refractivity contribution in [2.24, 2.45) is 11.1 Å². The van der Waals surface area contributed by atoms with Gasteiger partial charge >= 0.3 is 0 Å². The molecule has 0 fully saturated rings. The van der Waals surface area contributed by atoms with Gasteiger partial charge in [0.25, 0.3) is 0 Å². The molecule has 0 saturated heterocycles. The van der Waals surface area contributed by atoms with Crippen LogP contribution >= 0.6 is 0 Å². The molecule has 0 heterocycles. The second-order valence-electron chi connectivity index (χ2n) is 3.83. The van der Waals surface area contributed by atoms with Gasteiger partial charge in [0.2, 0.25) is 0 Å². The minimum atomic E-state index is 0.443. The summed E-state index contributed by atoms with van der Waals surface area (Å²) < 4.78 is 0. The molecule has 1 atom stereocenters. The molecule has 0 aromatic carbocycles. The van der Waals surface area contributed by atoms with Crippen molar-refractivity contribution in [3.63, 3.8) is 0 Å². The zero-order valence-electron chi connectivity index (χ0n) is 9.59. The molecular formula is C11H24N2O. The number of nitroso groups, excluding NO2 is 1. The summed E-state index contributed by atoms with van der Waals surface area (Å²) in [6.07, 6.45) is 6.06. The molecule has 1 unspecified atom stereocenters. The van der Waals surface area contributed by atoms with Crippen LogP contribution in [0.15, 0.2) is 5.18 Å². The largest absolute Gasteiger partial charge is 0.316 e. The highest BCUT2D eigenvalue weighted by Crippen LogP contribution is 2.10. The van der Waals surface area contributed by atoms with E-state index >= 15 is 0 Å². The van der Waals surface area contributed by atoms with E-state index in [1.165, 1.54) is 25.7 Å². The number of hydrogen-bond acceptors (Lipinski definition) is 3. The summed E-state index contributed by atoms with van der Waals surface area (Å²) >= 11 is 0. The van der Waals surface area contributed by atoms with Crippen LogP contribution in [0.1, 0.15) is 46.0 Å². The van der Waals surface area contributed by atoms with Gasteiger partial charge in [0.15, 0.2) is 0 Å². The number of unbranched alkanes of at least 4 members (excludes halogenated alkanes) is 1. The van der Waals surface area contributed by atoms with E-state index in [1.54, 1.807) is 0 Å². The Balaban J connectivity index is 3.28. The standard InChI is InChI=1S/C11H24N2O/c1-3-5-7-11(4-2)10-12-8-6-9-13-14/h11-12H,3-10H2,1-2H3. The SMILES string of the molecule is CCCCC(CC)CNCCCN=O. The Morgan fingerprint density at radius 2 is 2.07 bits per heavy atom. The van der Waals surface area contributed by atoms with E-state index in [4.69, 9.17) is 0 Å². The van der Waals surface area contributed by atoms with Gasteiger partial charge in [0, 0.05) is 0 Å². The second-order valence-corrected chi connectivity index (χ2v) is 3.83. The lowest BCUT2D eigenvalue weighted by atomic mass is 9.99. The van der Waals surface area contributed by atoms with Crippen LogP contribution in [0.2, 0.25) is 0 Å². The van der Waals surface area contributed by atoms with Gasteiger partial charge in [-0.2, -0.15) is 4.91 Å². The number of hydrogen-bond donors (Lipinski definition) is 1. The highest BCUT2D eigenvalue weighted by molar-refractivity contribution is 4.61. The van der Waals surface area contributed by atoms with Crippen molar-refractivity contribution in [1.29, 1.82) is 0 Å². The molecule has 0 bridgehead atoms. The molecule has 0 saturated carbocycles. The Labute approximate surface area is 87.6 Å². The summed E-state index contributed by atoms with van der Waals surface area (Å²) in [7, 11) is 0. The zero-order valence-corrected chi connectivity index (χ0v) is 9.59. The van der Waals surface area contributed by atoms with Crippen LogP contribution in [0.5, 0.6) is 0 Å². The first-order chi connectivity index (χ1) is 6.85. The Morgan fingerprint density at radius 1 is 1.29 bits per heavy atom. The molecule has 14 heavy (non-hydrogen) atoms. The first-order valence-corrected chi connectivity index (χ1v) is 5.84. The second kappa shape index (κ2) is 10.6. The fourth-order valence-electron chi connectivity index (χ4n) is 1.52. The maximum atomic E-state index is 9.82. The van der Waals surface area contributed by atoms with Crippen molar-refractivity contribution >= 4 is 0 Å². The highest BCUT2D eigenvalue weighted by atomic mass is 16.3. The Kier molecular flexibility index (Phi) is 10.3. The molecule has 0 spiro atoms. The lowest BCUT2D eigenvalue weighted by Crippen LogP contribution is -2.24. The molecule has 0 aliphatic rings. The molecule has 0 aliphatic heterocycles. The molecule has 0 rings (SSSR count). The van der Waals surface area contributed by atoms with Crippen molar-refractivity contribution in [1.82, 2.24) is 5.32 Å². The van der Waals surface area contributed by atoms with Gasteiger partial charge < -0.3 is 5.32 Å². The first kappa shape index (κ1) is 13.6. The van der Waals surface area contributed by atoms with Crippen molar-refractivity contribution < 1.29 is 0 Å². The van der Waals surface area contributed by atoms with Crippen LogP contribution in [0.3, 0.4) is 0 Å². The zero-order chi connectivity index (χ0) is 10.6. The van der Waals surface area contributed by atoms with E-state index in [9.17, 15) is 4.91 Å². The quantitative estimate of drug-likeness (QED) is 0.435. The van der Waals surface area contributed by atoms with Crippen LogP contribution in [-0.2, 0) is 0 Å². The van der Waals surface area contributed by atoms with E-state index in [0.717, 1.165) is 25.4 Å². The summed E-state index contributed by atoms with van der Waals surface area (Å²) in [6, 6.07) is 0. The van der Waals surface area contributed by atoms with Gasteiger partial charge in [-0.25, -0.2) is 0 Å². The highest BCUT2D eigenvalue weighted by Gasteiger charge is 2.04. The van der Waals surface area contributed by atoms with Gasteiger partial charge in [-0.15, -0.1) is 0 Å². The Bertz CT molecular complexity index is 128. The predicted molar refractivity (Wildman–Crippen MR) is 61.5 cm³/mol. The van der Waals surface area contributed by atoms with Crippen LogP contribution < -0.4 is 5.32 Å².